The standard InChI is InChI=1S/C21H20/c1-14(2)17-11-12-19-18-10-6-5-9-16(18)13-20(19)21(17)15-7-3-4-8-15/h3-12,14-15H,13H2,1-2H3. The van der Waals surface area contributed by atoms with Crippen molar-refractivity contribution in [3.63, 3.8) is 0 Å². The highest BCUT2D eigenvalue weighted by atomic mass is 14.3. The predicted octanol–water partition coefficient (Wildman–Crippen LogP) is 5.59. The zero-order valence-electron chi connectivity index (χ0n) is 12.6. The molecule has 0 unspecified atom stereocenters. The van der Waals surface area contributed by atoms with Crippen molar-refractivity contribution in [1.29, 1.82) is 0 Å². The fraction of sp³-hybridized carbons (Fsp3) is 0.238. The first-order valence-corrected chi connectivity index (χ1v) is 7.84. The number of rotatable bonds is 2. The van der Waals surface area contributed by atoms with Gasteiger partial charge in [-0.3, -0.25) is 0 Å². The summed E-state index contributed by atoms with van der Waals surface area (Å²) >= 11 is 0. The van der Waals surface area contributed by atoms with E-state index in [1.807, 2.05) is 0 Å². The van der Waals surface area contributed by atoms with E-state index < -0.39 is 0 Å². The SMILES string of the molecule is CC(C)c1ccc2c(c1C1C=CC=C1)Cc1ccccc1-2. The molecule has 0 saturated heterocycles. The van der Waals surface area contributed by atoms with Gasteiger partial charge in [0.05, 0.1) is 0 Å². The summed E-state index contributed by atoms with van der Waals surface area (Å²) < 4.78 is 0. The van der Waals surface area contributed by atoms with Crippen molar-refractivity contribution in [2.75, 3.05) is 0 Å². The fourth-order valence-corrected chi connectivity index (χ4v) is 3.77. The van der Waals surface area contributed by atoms with Crippen LogP contribution < -0.4 is 0 Å². The van der Waals surface area contributed by atoms with Gasteiger partial charge in [-0.2, -0.15) is 0 Å². The minimum Gasteiger partial charge on any atom is -0.0732 e. The molecule has 21 heavy (non-hydrogen) atoms. The van der Waals surface area contributed by atoms with E-state index in [0.29, 0.717) is 11.8 Å². The largest absolute Gasteiger partial charge is 0.0732 e. The lowest BCUT2D eigenvalue weighted by molar-refractivity contribution is 0.834. The smallest absolute Gasteiger partial charge is 0.0210 e. The van der Waals surface area contributed by atoms with E-state index in [4.69, 9.17) is 0 Å². The van der Waals surface area contributed by atoms with Gasteiger partial charge in [0.15, 0.2) is 0 Å². The van der Waals surface area contributed by atoms with Crippen molar-refractivity contribution in [3.8, 4) is 11.1 Å². The molecule has 0 atom stereocenters. The minimum atomic E-state index is 0.451. The number of benzene rings is 2. The lowest BCUT2D eigenvalue weighted by atomic mass is 9.84. The lowest BCUT2D eigenvalue weighted by Crippen LogP contribution is -2.04. The summed E-state index contributed by atoms with van der Waals surface area (Å²) in [6.45, 7) is 4.60. The third-order valence-corrected chi connectivity index (χ3v) is 4.77. The summed E-state index contributed by atoms with van der Waals surface area (Å²) in [4.78, 5) is 0. The summed E-state index contributed by atoms with van der Waals surface area (Å²) in [5.41, 5.74) is 8.93. The van der Waals surface area contributed by atoms with Crippen LogP contribution in [-0.4, -0.2) is 0 Å². The van der Waals surface area contributed by atoms with E-state index in [2.05, 4.69) is 74.5 Å². The number of hydrogen-bond donors (Lipinski definition) is 0. The molecule has 0 nitrogen and oxygen atoms in total. The maximum absolute atomic E-state index is 2.35. The first-order chi connectivity index (χ1) is 10.3. The maximum Gasteiger partial charge on any atom is 0.0210 e. The highest BCUT2D eigenvalue weighted by Gasteiger charge is 2.26. The van der Waals surface area contributed by atoms with Crippen LogP contribution >= 0.6 is 0 Å². The lowest BCUT2D eigenvalue weighted by Gasteiger charge is -2.20. The van der Waals surface area contributed by atoms with Crippen LogP contribution in [0.3, 0.4) is 0 Å². The molecule has 104 valence electrons. The molecule has 0 amide bonds. The molecule has 0 N–H and O–H groups in total. The molecule has 2 aromatic carbocycles. The van der Waals surface area contributed by atoms with Gasteiger partial charge in [0, 0.05) is 5.92 Å². The van der Waals surface area contributed by atoms with Gasteiger partial charge in [-0.1, -0.05) is 74.5 Å². The van der Waals surface area contributed by atoms with Crippen molar-refractivity contribution in [2.24, 2.45) is 0 Å². The molecule has 2 aromatic rings. The molecule has 0 heterocycles. The third kappa shape index (κ3) is 1.90. The summed E-state index contributed by atoms with van der Waals surface area (Å²) in [6.07, 6.45) is 10.1. The van der Waals surface area contributed by atoms with Crippen LogP contribution in [-0.2, 0) is 6.42 Å². The Morgan fingerprint density at radius 1 is 0.905 bits per heavy atom. The van der Waals surface area contributed by atoms with Gasteiger partial charge in [0.2, 0.25) is 0 Å². The molecule has 2 aliphatic rings. The molecule has 0 bridgehead atoms. The van der Waals surface area contributed by atoms with Crippen molar-refractivity contribution < 1.29 is 0 Å². The van der Waals surface area contributed by atoms with Crippen LogP contribution in [0.15, 0.2) is 60.7 Å². The average Bonchev–Trinajstić information content (AvgIpc) is 3.13. The maximum atomic E-state index is 2.35. The van der Waals surface area contributed by atoms with Crippen molar-refractivity contribution in [2.45, 2.75) is 32.1 Å². The first kappa shape index (κ1) is 12.6. The quantitative estimate of drug-likeness (QED) is 0.570. The zero-order chi connectivity index (χ0) is 14.4. The molecule has 0 aromatic heterocycles. The van der Waals surface area contributed by atoms with Gasteiger partial charge in [-0.25, -0.2) is 0 Å². The summed E-state index contributed by atoms with van der Waals surface area (Å²) in [5.74, 6) is 1.02. The molecule has 0 saturated carbocycles. The zero-order valence-corrected chi connectivity index (χ0v) is 12.6. The second-order valence-electron chi connectivity index (χ2n) is 6.38. The molecule has 0 fully saturated rings. The Kier molecular flexibility index (Phi) is 2.85. The Morgan fingerprint density at radius 3 is 2.43 bits per heavy atom. The van der Waals surface area contributed by atoms with Gasteiger partial charge in [0.25, 0.3) is 0 Å². The first-order valence-electron chi connectivity index (χ1n) is 7.84. The van der Waals surface area contributed by atoms with Gasteiger partial charge in [0.1, 0.15) is 0 Å². The summed E-state index contributed by atoms with van der Waals surface area (Å²) in [6, 6.07) is 13.5. The molecular formula is C21H20. The summed E-state index contributed by atoms with van der Waals surface area (Å²) in [5, 5.41) is 0. The highest BCUT2D eigenvalue weighted by molar-refractivity contribution is 5.79. The van der Waals surface area contributed by atoms with E-state index in [0.717, 1.165) is 6.42 Å². The number of fused-ring (bicyclic) bond motifs is 3. The van der Waals surface area contributed by atoms with E-state index in [9.17, 15) is 0 Å². The Hall–Kier alpha value is -2.08. The van der Waals surface area contributed by atoms with E-state index in [1.54, 1.807) is 11.1 Å². The number of allylic oxidation sites excluding steroid dienone is 4. The Bertz CT molecular complexity index is 748. The van der Waals surface area contributed by atoms with E-state index in [-0.39, 0.29) is 0 Å². The van der Waals surface area contributed by atoms with Crippen LogP contribution in [0.4, 0.5) is 0 Å². The fourth-order valence-electron chi connectivity index (χ4n) is 3.77. The average molecular weight is 272 g/mol. The number of hydrogen-bond acceptors (Lipinski definition) is 0. The Balaban J connectivity index is 1.96. The third-order valence-electron chi connectivity index (χ3n) is 4.77. The topological polar surface area (TPSA) is 0 Å². The Labute approximate surface area is 126 Å². The molecule has 0 radical (unpaired) electrons. The monoisotopic (exact) mass is 272 g/mol. The molecule has 0 heteroatoms. The highest BCUT2D eigenvalue weighted by Crippen LogP contribution is 2.44. The van der Waals surface area contributed by atoms with Crippen LogP contribution in [0.2, 0.25) is 0 Å². The second-order valence-corrected chi connectivity index (χ2v) is 6.38. The minimum absolute atomic E-state index is 0.451. The predicted molar refractivity (Wildman–Crippen MR) is 89.8 cm³/mol. The molecular weight excluding hydrogens is 252 g/mol. The normalized spacial score (nSPS) is 15.8. The second kappa shape index (κ2) is 4.73. The van der Waals surface area contributed by atoms with Crippen molar-refractivity contribution in [1.82, 2.24) is 0 Å². The van der Waals surface area contributed by atoms with Gasteiger partial charge in [-0.05, 0) is 45.7 Å². The molecule has 2 aliphatic carbocycles. The van der Waals surface area contributed by atoms with E-state index in [1.165, 1.54) is 22.3 Å². The van der Waals surface area contributed by atoms with Crippen LogP contribution in [0.25, 0.3) is 11.1 Å². The van der Waals surface area contributed by atoms with Gasteiger partial charge in [-0.15, -0.1) is 0 Å². The molecule has 4 rings (SSSR count). The van der Waals surface area contributed by atoms with Gasteiger partial charge >= 0.3 is 0 Å². The van der Waals surface area contributed by atoms with Crippen LogP contribution in [0, 0.1) is 0 Å². The molecule has 0 spiro atoms. The van der Waals surface area contributed by atoms with Gasteiger partial charge < -0.3 is 0 Å². The van der Waals surface area contributed by atoms with Crippen molar-refractivity contribution in [3.05, 3.63) is 83.0 Å². The summed E-state index contributed by atoms with van der Waals surface area (Å²) in [7, 11) is 0. The van der Waals surface area contributed by atoms with E-state index >= 15 is 0 Å². The Morgan fingerprint density at radius 2 is 1.67 bits per heavy atom. The van der Waals surface area contributed by atoms with Crippen LogP contribution in [0.1, 0.15) is 47.9 Å². The van der Waals surface area contributed by atoms with Crippen molar-refractivity contribution >= 4 is 0 Å². The van der Waals surface area contributed by atoms with Crippen LogP contribution in [0.5, 0.6) is 0 Å². The molecule has 0 aliphatic heterocycles.